The number of methoxy groups -OCH3 is 1. The number of hydrogen-bond acceptors (Lipinski definition) is 3. The quantitative estimate of drug-likeness (QED) is 0.833. The van der Waals surface area contributed by atoms with E-state index in [1.54, 1.807) is 13.2 Å². The van der Waals surface area contributed by atoms with Crippen LogP contribution in [0.2, 0.25) is 0 Å². The number of rotatable bonds is 5. The van der Waals surface area contributed by atoms with Gasteiger partial charge in [-0.25, -0.2) is 4.39 Å². The van der Waals surface area contributed by atoms with E-state index >= 15 is 0 Å². The van der Waals surface area contributed by atoms with E-state index in [1.165, 1.54) is 6.07 Å². The molecule has 1 aliphatic rings. The van der Waals surface area contributed by atoms with Crippen molar-refractivity contribution < 1.29 is 14.2 Å². The van der Waals surface area contributed by atoms with Crippen molar-refractivity contribution >= 4 is 14.5 Å². The molecule has 112 valence electrons. The van der Waals surface area contributed by atoms with Crippen molar-refractivity contribution in [3.8, 4) is 0 Å². The third-order valence-corrected chi connectivity index (χ3v) is 4.67. The summed E-state index contributed by atoms with van der Waals surface area (Å²) in [7, 11) is 4.31. The van der Waals surface area contributed by atoms with Crippen LogP contribution in [0.15, 0.2) is 18.2 Å². The molecule has 0 saturated carbocycles. The van der Waals surface area contributed by atoms with Crippen LogP contribution in [0.3, 0.4) is 0 Å². The van der Waals surface area contributed by atoms with Gasteiger partial charge in [0.05, 0.1) is 12.7 Å². The molecule has 1 fully saturated rings. The largest absolute Gasteiger partial charge is 0.395 e. The number of halogens is 1. The SMILES string of the molecule is CO[C@@H]1CC[C@H](CO)N(CCc2c(F)cccc2P)C1. The smallest absolute Gasteiger partial charge is 0.127 e. The number of piperidine rings is 1. The van der Waals surface area contributed by atoms with E-state index in [-0.39, 0.29) is 24.6 Å². The van der Waals surface area contributed by atoms with Crippen LogP contribution in [0.1, 0.15) is 18.4 Å². The van der Waals surface area contributed by atoms with Crippen LogP contribution < -0.4 is 5.30 Å². The van der Waals surface area contributed by atoms with Crippen LogP contribution in [0, 0.1) is 5.82 Å². The molecule has 0 spiro atoms. The lowest BCUT2D eigenvalue weighted by Gasteiger charge is -2.38. The number of likely N-dealkylation sites (tertiary alicyclic amines) is 1. The third kappa shape index (κ3) is 3.76. The summed E-state index contributed by atoms with van der Waals surface area (Å²) in [5.74, 6) is -0.154. The third-order valence-electron chi connectivity index (χ3n) is 4.12. The van der Waals surface area contributed by atoms with Gasteiger partial charge in [0.25, 0.3) is 0 Å². The molecule has 1 heterocycles. The molecule has 0 aliphatic carbocycles. The van der Waals surface area contributed by atoms with Crippen molar-refractivity contribution in [3.05, 3.63) is 29.6 Å². The second-order valence-electron chi connectivity index (χ2n) is 5.32. The molecule has 1 aromatic rings. The first-order valence-corrected chi connectivity index (χ1v) is 7.64. The molecule has 5 heteroatoms. The summed E-state index contributed by atoms with van der Waals surface area (Å²) in [5, 5.41) is 10.4. The maximum Gasteiger partial charge on any atom is 0.127 e. The van der Waals surface area contributed by atoms with Gasteiger partial charge in [-0.05, 0) is 36.2 Å². The molecule has 1 unspecified atom stereocenters. The normalized spacial score (nSPS) is 24.0. The average Bonchev–Trinajstić information content (AvgIpc) is 2.46. The van der Waals surface area contributed by atoms with E-state index in [9.17, 15) is 9.50 Å². The Balaban J connectivity index is 2.00. The maximum atomic E-state index is 13.8. The molecule has 2 rings (SSSR count). The number of nitrogens with zero attached hydrogens (tertiary/aromatic N) is 1. The summed E-state index contributed by atoms with van der Waals surface area (Å²) < 4.78 is 19.2. The van der Waals surface area contributed by atoms with Crippen molar-refractivity contribution in [2.45, 2.75) is 31.4 Å². The Hall–Kier alpha value is -0.540. The van der Waals surface area contributed by atoms with Crippen LogP contribution in [-0.4, -0.2) is 49.0 Å². The summed E-state index contributed by atoms with van der Waals surface area (Å²) in [5.41, 5.74) is 0.744. The lowest BCUT2D eigenvalue weighted by molar-refractivity contribution is -0.00877. The van der Waals surface area contributed by atoms with Gasteiger partial charge in [0.2, 0.25) is 0 Å². The van der Waals surface area contributed by atoms with Crippen molar-refractivity contribution in [2.75, 3.05) is 26.8 Å². The lowest BCUT2D eigenvalue weighted by atomic mass is 9.99. The zero-order chi connectivity index (χ0) is 14.5. The van der Waals surface area contributed by atoms with Gasteiger partial charge in [-0.15, -0.1) is 9.24 Å². The van der Waals surface area contributed by atoms with E-state index in [0.29, 0.717) is 6.42 Å². The summed E-state index contributed by atoms with van der Waals surface area (Å²) >= 11 is 0. The number of benzene rings is 1. The van der Waals surface area contributed by atoms with Crippen molar-refractivity contribution in [1.29, 1.82) is 0 Å². The summed E-state index contributed by atoms with van der Waals surface area (Å²) in [6.45, 7) is 1.71. The minimum atomic E-state index is -0.154. The monoisotopic (exact) mass is 299 g/mol. The van der Waals surface area contributed by atoms with Gasteiger partial charge in [0.1, 0.15) is 5.82 Å². The molecule has 0 radical (unpaired) electrons. The molecule has 1 aromatic carbocycles. The van der Waals surface area contributed by atoms with Gasteiger partial charge < -0.3 is 9.84 Å². The Morgan fingerprint density at radius 2 is 2.25 bits per heavy atom. The molecule has 1 aliphatic heterocycles. The summed E-state index contributed by atoms with van der Waals surface area (Å²) in [6.07, 6.45) is 2.78. The maximum absolute atomic E-state index is 13.8. The van der Waals surface area contributed by atoms with Crippen molar-refractivity contribution in [2.24, 2.45) is 0 Å². The molecule has 0 aromatic heterocycles. The Labute approximate surface area is 122 Å². The number of hydrogen-bond donors (Lipinski definition) is 1. The van der Waals surface area contributed by atoms with Crippen molar-refractivity contribution in [3.63, 3.8) is 0 Å². The minimum absolute atomic E-state index is 0.154. The first-order valence-electron chi connectivity index (χ1n) is 7.06. The standard InChI is InChI=1S/C15H23FNO2P/c1-19-12-6-5-11(10-18)17(9-12)8-7-13-14(16)3-2-4-15(13)20/h2-4,11-12,18H,5-10,20H2,1H3/t11-,12-/m1/s1. The fourth-order valence-electron chi connectivity index (χ4n) is 2.83. The molecule has 0 bridgehead atoms. The van der Waals surface area contributed by atoms with Crippen LogP contribution in [0.25, 0.3) is 0 Å². The molecule has 20 heavy (non-hydrogen) atoms. The second-order valence-corrected chi connectivity index (χ2v) is 5.95. The molecule has 3 nitrogen and oxygen atoms in total. The second kappa shape index (κ2) is 7.46. The van der Waals surface area contributed by atoms with Crippen LogP contribution >= 0.6 is 9.24 Å². The highest BCUT2D eigenvalue weighted by molar-refractivity contribution is 7.27. The van der Waals surface area contributed by atoms with Crippen LogP contribution in [0.4, 0.5) is 4.39 Å². The molecular weight excluding hydrogens is 276 g/mol. The van der Waals surface area contributed by atoms with Gasteiger partial charge in [-0.3, -0.25) is 4.90 Å². The molecule has 3 atom stereocenters. The molecule has 1 saturated heterocycles. The predicted molar refractivity (Wildman–Crippen MR) is 81.9 cm³/mol. The first-order chi connectivity index (χ1) is 9.65. The van der Waals surface area contributed by atoms with Gasteiger partial charge in [0, 0.05) is 26.2 Å². The van der Waals surface area contributed by atoms with E-state index in [0.717, 1.165) is 36.8 Å². The number of aliphatic hydroxyl groups is 1. The first kappa shape index (κ1) is 15.8. The fraction of sp³-hybridized carbons (Fsp3) is 0.600. The Bertz CT molecular complexity index is 424. The fourth-order valence-corrected chi connectivity index (χ4v) is 3.22. The summed E-state index contributed by atoms with van der Waals surface area (Å²) in [4.78, 5) is 2.22. The van der Waals surface area contributed by atoms with E-state index in [4.69, 9.17) is 4.74 Å². The Morgan fingerprint density at radius 3 is 2.90 bits per heavy atom. The highest BCUT2D eigenvalue weighted by Gasteiger charge is 2.27. The van der Waals surface area contributed by atoms with E-state index in [2.05, 4.69) is 14.1 Å². The molecule has 0 amide bonds. The van der Waals surface area contributed by atoms with Crippen LogP contribution in [-0.2, 0) is 11.2 Å². The Morgan fingerprint density at radius 1 is 1.45 bits per heavy atom. The molecular formula is C15H23FNO2P. The number of aliphatic hydroxyl groups excluding tert-OH is 1. The van der Waals surface area contributed by atoms with Gasteiger partial charge in [-0.2, -0.15) is 0 Å². The zero-order valence-corrected chi connectivity index (χ0v) is 13.0. The predicted octanol–water partition coefficient (Wildman–Crippen LogP) is 1.34. The highest BCUT2D eigenvalue weighted by Crippen LogP contribution is 2.20. The van der Waals surface area contributed by atoms with Gasteiger partial charge in [-0.1, -0.05) is 12.1 Å². The van der Waals surface area contributed by atoms with E-state index < -0.39 is 0 Å². The van der Waals surface area contributed by atoms with Crippen LogP contribution in [0.5, 0.6) is 0 Å². The van der Waals surface area contributed by atoms with Gasteiger partial charge in [0.15, 0.2) is 0 Å². The zero-order valence-electron chi connectivity index (χ0n) is 11.9. The Kier molecular flexibility index (Phi) is 5.91. The topological polar surface area (TPSA) is 32.7 Å². The van der Waals surface area contributed by atoms with Crippen molar-refractivity contribution in [1.82, 2.24) is 4.90 Å². The van der Waals surface area contributed by atoms with E-state index in [1.807, 2.05) is 6.07 Å². The summed E-state index contributed by atoms with van der Waals surface area (Å²) in [6, 6.07) is 5.29. The number of ether oxygens (including phenoxy) is 1. The van der Waals surface area contributed by atoms with Gasteiger partial charge >= 0.3 is 0 Å². The molecule has 1 N–H and O–H groups in total. The highest BCUT2D eigenvalue weighted by atomic mass is 31.0. The average molecular weight is 299 g/mol. The minimum Gasteiger partial charge on any atom is -0.395 e. The lowest BCUT2D eigenvalue weighted by Crippen LogP contribution is -2.48.